The number of rotatable bonds is 1. The Morgan fingerprint density at radius 1 is 1.38 bits per heavy atom. The van der Waals surface area contributed by atoms with Crippen molar-refractivity contribution in [1.82, 2.24) is 13.6 Å². The maximum Gasteiger partial charge on any atom is 0.220 e. The highest BCUT2D eigenvalue weighted by Gasteiger charge is 2.03. The molecule has 0 spiro atoms. The third kappa shape index (κ3) is 1.55. The van der Waals surface area contributed by atoms with E-state index in [0.29, 0.717) is 0 Å². The first-order chi connectivity index (χ1) is 6.27. The van der Waals surface area contributed by atoms with Crippen molar-refractivity contribution in [2.75, 3.05) is 5.73 Å². The molecular formula is C8H7BrN4. The Bertz CT molecular complexity index is 424. The van der Waals surface area contributed by atoms with Crippen LogP contribution in [0.25, 0.3) is 11.4 Å². The average molecular weight is 239 g/mol. The summed E-state index contributed by atoms with van der Waals surface area (Å²) in [6.07, 6.45) is 3.52. The maximum absolute atomic E-state index is 5.47. The Balaban J connectivity index is 2.53. The van der Waals surface area contributed by atoms with Gasteiger partial charge in [0, 0.05) is 12.4 Å². The predicted molar refractivity (Wildman–Crippen MR) is 54.2 cm³/mol. The summed E-state index contributed by atoms with van der Waals surface area (Å²) in [5, 5.41) is 0. The Morgan fingerprint density at radius 2 is 2.23 bits per heavy atom. The standard InChI is InChI=1S/C8H7BrN4/c9-13-5-1-2-7(13)6-3-4-11-8(10)12-6/h1-5H,(H2,10,11,12). The second kappa shape index (κ2) is 3.18. The van der Waals surface area contributed by atoms with Crippen LogP contribution in [0.5, 0.6) is 0 Å². The molecule has 2 aromatic rings. The van der Waals surface area contributed by atoms with Crippen molar-refractivity contribution in [2.45, 2.75) is 0 Å². The lowest BCUT2D eigenvalue weighted by Gasteiger charge is -2.00. The first kappa shape index (κ1) is 8.25. The van der Waals surface area contributed by atoms with E-state index in [4.69, 9.17) is 5.73 Å². The molecule has 0 atom stereocenters. The summed E-state index contributed by atoms with van der Waals surface area (Å²) in [6, 6.07) is 5.67. The van der Waals surface area contributed by atoms with Crippen molar-refractivity contribution in [3.05, 3.63) is 30.6 Å². The average Bonchev–Trinajstić information content (AvgIpc) is 2.51. The van der Waals surface area contributed by atoms with E-state index in [0.717, 1.165) is 11.4 Å². The molecule has 0 aliphatic carbocycles. The molecule has 0 aliphatic rings. The summed E-state index contributed by atoms with van der Waals surface area (Å²) in [5.41, 5.74) is 7.22. The molecule has 0 bridgehead atoms. The molecular weight excluding hydrogens is 232 g/mol. The molecule has 4 nitrogen and oxygen atoms in total. The zero-order valence-electron chi connectivity index (χ0n) is 6.68. The first-order valence-corrected chi connectivity index (χ1v) is 4.41. The lowest BCUT2D eigenvalue weighted by Crippen LogP contribution is -1.96. The van der Waals surface area contributed by atoms with Gasteiger partial charge in [-0.1, -0.05) is 0 Å². The van der Waals surface area contributed by atoms with E-state index in [-0.39, 0.29) is 5.95 Å². The van der Waals surface area contributed by atoms with Crippen LogP contribution in [0.1, 0.15) is 0 Å². The zero-order valence-corrected chi connectivity index (χ0v) is 8.27. The largest absolute Gasteiger partial charge is 0.368 e. The Hall–Kier alpha value is -1.36. The third-order valence-electron chi connectivity index (χ3n) is 1.64. The summed E-state index contributed by atoms with van der Waals surface area (Å²) in [7, 11) is 0. The van der Waals surface area contributed by atoms with Crippen LogP contribution in [0.2, 0.25) is 0 Å². The molecule has 2 N–H and O–H groups in total. The molecule has 2 rings (SSSR count). The number of halogens is 1. The molecule has 0 aliphatic heterocycles. The van der Waals surface area contributed by atoms with Gasteiger partial charge in [-0.3, -0.25) is 3.59 Å². The van der Waals surface area contributed by atoms with E-state index in [1.807, 2.05) is 24.4 Å². The molecule has 0 saturated carbocycles. The van der Waals surface area contributed by atoms with Crippen LogP contribution >= 0.6 is 16.1 Å². The van der Waals surface area contributed by atoms with Gasteiger partial charge in [0.05, 0.1) is 27.5 Å². The van der Waals surface area contributed by atoms with Crippen molar-refractivity contribution in [3.8, 4) is 11.4 Å². The van der Waals surface area contributed by atoms with Gasteiger partial charge in [0.2, 0.25) is 5.95 Å². The molecule has 13 heavy (non-hydrogen) atoms. The van der Waals surface area contributed by atoms with Crippen molar-refractivity contribution in [2.24, 2.45) is 0 Å². The molecule has 0 fully saturated rings. The molecule has 0 saturated heterocycles. The Kier molecular flexibility index (Phi) is 2.02. The van der Waals surface area contributed by atoms with Crippen LogP contribution in [0, 0.1) is 0 Å². The van der Waals surface area contributed by atoms with E-state index in [9.17, 15) is 0 Å². The van der Waals surface area contributed by atoms with E-state index in [1.54, 1.807) is 9.79 Å². The number of nitrogens with zero attached hydrogens (tertiary/aromatic N) is 3. The van der Waals surface area contributed by atoms with Crippen molar-refractivity contribution >= 4 is 22.1 Å². The lowest BCUT2D eigenvalue weighted by molar-refractivity contribution is 1.17. The highest BCUT2D eigenvalue weighted by Crippen LogP contribution is 2.19. The second-order valence-electron chi connectivity index (χ2n) is 2.50. The molecule has 0 aromatic carbocycles. The van der Waals surface area contributed by atoms with E-state index in [1.165, 1.54) is 0 Å². The SMILES string of the molecule is Nc1nccc(-c2cccn2Br)n1. The predicted octanol–water partition coefficient (Wildman–Crippen LogP) is 1.69. The fraction of sp³-hybridized carbons (Fsp3) is 0. The van der Waals surface area contributed by atoms with Gasteiger partial charge in [-0.15, -0.1) is 0 Å². The van der Waals surface area contributed by atoms with Crippen LogP contribution in [-0.4, -0.2) is 13.6 Å². The highest BCUT2D eigenvalue weighted by atomic mass is 79.9. The number of anilines is 1. The summed E-state index contributed by atoms with van der Waals surface area (Å²) in [5.74, 6) is 0.284. The van der Waals surface area contributed by atoms with E-state index in [2.05, 4.69) is 26.1 Å². The monoisotopic (exact) mass is 238 g/mol. The summed E-state index contributed by atoms with van der Waals surface area (Å²) < 4.78 is 1.80. The molecule has 0 unspecified atom stereocenters. The van der Waals surface area contributed by atoms with Crippen LogP contribution in [-0.2, 0) is 0 Å². The molecule has 2 aromatic heterocycles. The third-order valence-corrected chi connectivity index (χ3v) is 2.26. The Morgan fingerprint density at radius 3 is 2.85 bits per heavy atom. The number of nitrogen functional groups attached to an aromatic ring is 1. The number of hydrogen-bond donors (Lipinski definition) is 1. The first-order valence-electron chi connectivity index (χ1n) is 3.70. The van der Waals surface area contributed by atoms with Crippen LogP contribution in [0.15, 0.2) is 30.6 Å². The smallest absolute Gasteiger partial charge is 0.220 e. The summed E-state index contributed by atoms with van der Waals surface area (Å²) in [6.45, 7) is 0. The molecule has 0 amide bonds. The minimum absolute atomic E-state index is 0.284. The van der Waals surface area contributed by atoms with Gasteiger partial charge >= 0.3 is 0 Å². The second-order valence-corrected chi connectivity index (χ2v) is 3.27. The van der Waals surface area contributed by atoms with Crippen LogP contribution < -0.4 is 5.73 Å². The van der Waals surface area contributed by atoms with Gasteiger partial charge in [-0.25, -0.2) is 9.97 Å². The highest BCUT2D eigenvalue weighted by molar-refractivity contribution is 9.08. The topological polar surface area (TPSA) is 56.7 Å². The van der Waals surface area contributed by atoms with Gasteiger partial charge in [-0.2, -0.15) is 0 Å². The fourth-order valence-electron chi connectivity index (χ4n) is 1.07. The zero-order chi connectivity index (χ0) is 9.26. The van der Waals surface area contributed by atoms with Crippen molar-refractivity contribution < 1.29 is 0 Å². The molecule has 66 valence electrons. The Labute approximate surface area is 83.8 Å². The molecule has 5 heteroatoms. The number of nitrogens with two attached hydrogens (primary N) is 1. The van der Waals surface area contributed by atoms with E-state index < -0.39 is 0 Å². The maximum atomic E-state index is 5.47. The number of hydrogen-bond acceptors (Lipinski definition) is 3. The van der Waals surface area contributed by atoms with E-state index >= 15 is 0 Å². The van der Waals surface area contributed by atoms with Gasteiger partial charge in [0.1, 0.15) is 0 Å². The molecule has 0 radical (unpaired) electrons. The quantitative estimate of drug-likeness (QED) is 0.823. The lowest BCUT2D eigenvalue weighted by atomic mass is 10.3. The minimum Gasteiger partial charge on any atom is -0.368 e. The minimum atomic E-state index is 0.284. The van der Waals surface area contributed by atoms with Crippen LogP contribution in [0.4, 0.5) is 5.95 Å². The summed E-state index contributed by atoms with van der Waals surface area (Å²) >= 11 is 3.34. The van der Waals surface area contributed by atoms with Crippen molar-refractivity contribution in [3.63, 3.8) is 0 Å². The number of aromatic nitrogens is 3. The van der Waals surface area contributed by atoms with Gasteiger partial charge in [0.15, 0.2) is 0 Å². The van der Waals surface area contributed by atoms with Crippen molar-refractivity contribution in [1.29, 1.82) is 0 Å². The van der Waals surface area contributed by atoms with Crippen LogP contribution in [0.3, 0.4) is 0 Å². The normalized spacial score (nSPS) is 10.2. The van der Waals surface area contributed by atoms with Gasteiger partial charge < -0.3 is 5.73 Å². The fourth-order valence-corrected chi connectivity index (χ4v) is 1.51. The van der Waals surface area contributed by atoms with Gasteiger partial charge in [-0.05, 0) is 18.2 Å². The summed E-state index contributed by atoms with van der Waals surface area (Å²) in [4.78, 5) is 7.91. The van der Waals surface area contributed by atoms with Gasteiger partial charge in [0.25, 0.3) is 0 Å². The molecule has 2 heterocycles.